The van der Waals surface area contributed by atoms with Gasteiger partial charge in [-0.15, -0.1) is 0 Å². The summed E-state index contributed by atoms with van der Waals surface area (Å²) in [5, 5.41) is 17.2. The lowest BCUT2D eigenvalue weighted by atomic mass is 9.92. The summed E-state index contributed by atoms with van der Waals surface area (Å²) in [6.07, 6.45) is 0. The Morgan fingerprint density at radius 3 is 2.00 bits per heavy atom. The zero-order chi connectivity index (χ0) is 28.4. The average molecular weight is 543 g/mol. The number of aromatic hydroxyl groups is 1. The summed E-state index contributed by atoms with van der Waals surface area (Å²) in [6, 6.07) is 39.8. The molecule has 0 amide bonds. The molecular weight excluding hydrogens is 520 g/mol. The zero-order valence-electron chi connectivity index (χ0n) is 22.3. The molecule has 0 bridgehead atoms. The first-order valence-electron chi connectivity index (χ1n) is 13.7. The SMILES string of the molecule is O=C(c1cc(-c2ccc3ccccc3c2)c2oc3c(ccc4ccccc43)c(=O)c2c1)c1ccc2ccccc2c1O. The van der Waals surface area contributed by atoms with E-state index < -0.39 is 0 Å². The first-order valence-corrected chi connectivity index (χ1v) is 13.7. The van der Waals surface area contributed by atoms with E-state index in [0.717, 1.165) is 32.5 Å². The number of phenols is 1. The minimum atomic E-state index is -0.375. The van der Waals surface area contributed by atoms with Crippen molar-refractivity contribution in [2.75, 3.05) is 0 Å². The molecule has 7 aromatic carbocycles. The highest BCUT2D eigenvalue weighted by Gasteiger charge is 2.21. The number of hydrogen-bond donors (Lipinski definition) is 1. The highest BCUT2D eigenvalue weighted by Crippen LogP contribution is 2.37. The van der Waals surface area contributed by atoms with Gasteiger partial charge in [-0.1, -0.05) is 97.1 Å². The summed E-state index contributed by atoms with van der Waals surface area (Å²) < 4.78 is 6.60. The molecule has 4 heteroatoms. The summed E-state index contributed by atoms with van der Waals surface area (Å²) >= 11 is 0. The monoisotopic (exact) mass is 542 g/mol. The van der Waals surface area contributed by atoms with E-state index >= 15 is 0 Å². The van der Waals surface area contributed by atoms with Crippen LogP contribution in [0.2, 0.25) is 0 Å². The van der Waals surface area contributed by atoms with Gasteiger partial charge < -0.3 is 9.52 Å². The minimum absolute atomic E-state index is 0.0810. The fraction of sp³-hybridized carbons (Fsp3) is 0. The maximum absolute atomic E-state index is 14.1. The van der Waals surface area contributed by atoms with Gasteiger partial charge in [-0.25, -0.2) is 0 Å². The van der Waals surface area contributed by atoms with Crippen molar-refractivity contribution in [3.05, 3.63) is 149 Å². The third-order valence-corrected chi connectivity index (χ3v) is 8.13. The van der Waals surface area contributed by atoms with Crippen LogP contribution in [-0.2, 0) is 0 Å². The van der Waals surface area contributed by atoms with Crippen LogP contribution in [0, 0.1) is 0 Å². The van der Waals surface area contributed by atoms with Gasteiger partial charge in [-0.2, -0.15) is 0 Å². The number of ketones is 1. The van der Waals surface area contributed by atoms with Crippen LogP contribution in [-0.4, -0.2) is 10.9 Å². The van der Waals surface area contributed by atoms with Gasteiger partial charge in [0.1, 0.15) is 16.9 Å². The van der Waals surface area contributed by atoms with Crippen LogP contribution in [0.25, 0.3) is 65.4 Å². The van der Waals surface area contributed by atoms with Crippen LogP contribution in [0.15, 0.2) is 137 Å². The quantitative estimate of drug-likeness (QED) is 0.137. The van der Waals surface area contributed by atoms with Gasteiger partial charge in [0.25, 0.3) is 0 Å². The summed E-state index contributed by atoms with van der Waals surface area (Å²) in [7, 11) is 0. The molecule has 1 aromatic heterocycles. The van der Waals surface area contributed by atoms with E-state index in [0.29, 0.717) is 38.5 Å². The largest absolute Gasteiger partial charge is 0.507 e. The van der Waals surface area contributed by atoms with Crippen LogP contribution in [0.5, 0.6) is 5.75 Å². The molecule has 0 aliphatic rings. The lowest BCUT2D eigenvalue weighted by Crippen LogP contribution is -2.07. The maximum Gasteiger partial charge on any atom is 0.200 e. The van der Waals surface area contributed by atoms with Crippen molar-refractivity contribution in [2.45, 2.75) is 0 Å². The molecule has 0 aliphatic heterocycles. The Hall–Kier alpha value is -5.74. The predicted octanol–water partition coefficient (Wildman–Crippen LogP) is 9.01. The Morgan fingerprint density at radius 1 is 0.548 bits per heavy atom. The normalized spacial score (nSPS) is 11.6. The van der Waals surface area contributed by atoms with Crippen molar-refractivity contribution in [1.29, 1.82) is 0 Å². The summed E-state index contributed by atoms with van der Waals surface area (Å²) in [5.41, 5.74) is 2.64. The number of phenolic OH excluding ortho intramolecular Hbond substituents is 1. The molecule has 0 atom stereocenters. The number of fused-ring (bicyclic) bond motifs is 6. The Balaban J connectivity index is 1.45. The molecule has 0 unspecified atom stereocenters. The second-order valence-electron chi connectivity index (χ2n) is 10.6. The van der Waals surface area contributed by atoms with E-state index in [9.17, 15) is 14.7 Å². The minimum Gasteiger partial charge on any atom is -0.507 e. The highest BCUT2D eigenvalue weighted by atomic mass is 16.3. The number of carbonyl (C=O) groups is 1. The Kier molecular flexibility index (Phi) is 5.25. The third-order valence-electron chi connectivity index (χ3n) is 8.13. The van der Waals surface area contributed by atoms with E-state index in [-0.39, 0.29) is 22.5 Å². The Bertz CT molecular complexity index is 2470. The fourth-order valence-corrected chi connectivity index (χ4v) is 5.98. The highest BCUT2D eigenvalue weighted by molar-refractivity contribution is 6.17. The first kappa shape index (κ1) is 24.1. The van der Waals surface area contributed by atoms with Gasteiger partial charge in [0.05, 0.1) is 16.3 Å². The number of benzene rings is 7. The molecular formula is C38H22O4. The molecule has 0 aliphatic carbocycles. The summed E-state index contributed by atoms with van der Waals surface area (Å²) in [5.74, 6) is -0.456. The number of rotatable bonds is 3. The van der Waals surface area contributed by atoms with Crippen molar-refractivity contribution in [3.8, 4) is 16.9 Å². The first-order chi connectivity index (χ1) is 20.6. The van der Waals surface area contributed by atoms with E-state index in [1.807, 2.05) is 97.1 Å². The molecule has 1 heterocycles. The molecule has 0 saturated heterocycles. The molecule has 0 radical (unpaired) electrons. The van der Waals surface area contributed by atoms with Gasteiger partial charge in [0.2, 0.25) is 5.43 Å². The van der Waals surface area contributed by atoms with E-state index in [1.54, 1.807) is 30.3 Å². The zero-order valence-corrected chi connectivity index (χ0v) is 22.3. The van der Waals surface area contributed by atoms with Crippen molar-refractivity contribution in [1.82, 2.24) is 0 Å². The van der Waals surface area contributed by atoms with Crippen LogP contribution in [0.1, 0.15) is 15.9 Å². The van der Waals surface area contributed by atoms with Gasteiger partial charge in [-0.3, -0.25) is 9.59 Å². The molecule has 1 N–H and O–H groups in total. The molecule has 0 saturated carbocycles. The average Bonchev–Trinajstić information content (AvgIpc) is 3.04. The van der Waals surface area contributed by atoms with Gasteiger partial charge in [-0.05, 0) is 57.4 Å². The molecule has 8 aromatic rings. The van der Waals surface area contributed by atoms with Gasteiger partial charge >= 0.3 is 0 Å². The van der Waals surface area contributed by atoms with Crippen LogP contribution in [0.4, 0.5) is 0 Å². The fourth-order valence-electron chi connectivity index (χ4n) is 5.98. The third kappa shape index (κ3) is 3.62. The molecule has 198 valence electrons. The molecule has 4 nitrogen and oxygen atoms in total. The van der Waals surface area contributed by atoms with E-state index in [2.05, 4.69) is 0 Å². The number of carbonyl (C=O) groups excluding carboxylic acids is 1. The van der Waals surface area contributed by atoms with Gasteiger partial charge in [0.15, 0.2) is 5.78 Å². The van der Waals surface area contributed by atoms with E-state index in [4.69, 9.17) is 4.42 Å². The van der Waals surface area contributed by atoms with E-state index in [1.165, 1.54) is 0 Å². The molecule has 0 fully saturated rings. The molecule has 8 rings (SSSR count). The van der Waals surface area contributed by atoms with Crippen molar-refractivity contribution in [2.24, 2.45) is 0 Å². The predicted molar refractivity (Wildman–Crippen MR) is 169 cm³/mol. The smallest absolute Gasteiger partial charge is 0.200 e. The maximum atomic E-state index is 14.1. The Morgan fingerprint density at radius 2 is 1.19 bits per heavy atom. The lowest BCUT2D eigenvalue weighted by molar-refractivity contribution is 0.103. The standard InChI is InChI=1S/C38H22O4/c39-34(30-17-15-23-8-3-5-11-28(23)35(30)40)27-20-32(26-14-13-22-7-1-2-10-25(22)19-26)38-33(21-27)36(41)31-18-16-24-9-4-6-12-29(24)37(31)42-38/h1-21,40H. The molecule has 42 heavy (non-hydrogen) atoms. The second-order valence-corrected chi connectivity index (χ2v) is 10.6. The van der Waals surface area contributed by atoms with Crippen molar-refractivity contribution in [3.63, 3.8) is 0 Å². The number of hydrogen-bond acceptors (Lipinski definition) is 4. The Labute approximate surface area is 239 Å². The van der Waals surface area contributed by atoms with Crippen molar-refractivity contribution < 1.29 is 14.3 Å². The van der Waals surface area contributed by atoms with Crippen LogP contribution in [0.3, 0.4) is 0 Å². The molecule has 0 spiro atoms. The second kappa shape index (κ2) is 9.15. The van der Waals surface area contributed by atoms with Crippen LogP contribution >= 0.6 is 0 Å². The van der Waals surface area contributed by atoms with Crippen molar-refractivity contribution >= 4 is 60.0 Å². The summed E-state index contributed by atoms with van der Waals surface area (Å²) in [6.45, 7) is 0. The lowest BCUT2D eigenvalue weighted by Gasteiger charge is -2.13. The van der Waals surface area contributed by atoms with Gasteiger partial charge in [0, 0.05) is 21.9 Å². The van der Waals surface area contributed by atoms with Crippen LogP contribution < -0.4 is 5.43 Å². The summed E-state index contributed by atoms with van der Waals surface area (Å²) in [4.78, 5) is 28.1. The topological polar surface area (TPSA) is 67.5 Å².